The van der Waals surface area contributed by atoms with Crippen molar-refractivity contribution in [1.29, 1.82) is 0 Å². The first kappa shape index (κ1) is 13.1. The summed E-state index contributed by atoms with van der Waals surface area (Å²) >= 11 is 1.29. The molecule has 1 atom stereocenters. The second-order valence-corrected chi connectivity index (χ2v) is 4.44. The lowest BCUT2D eigenvalue weighted by molar-refractivity contribution is 0.0943. The highest BCUT2D eigenvalue weighted by Gasteiger charge is 2.12. The van der Waals surface area contributed by atoms with Crippen molar-refractivity contribution in [2.24, 2.45) is 5.92 Å². The number of carbonyl (C=O) groups is 1. The highest BCUT2D eigenvalue weighted by atomic mass is 32.1. The van der Waals surface area contributed by atoms with E-state index in [-0.39, 0.29) is 12.5 Å². The lowest BCUT2D eigenvalue weighted by atomic mass is 10.0. The fraction of sp³-hybridized carbons (Fsp3) is 0.636. The molecule has 5 heteroatoms. The first-order valence-electron chi connectivity index (χ1n) is 5.49. The number of hydrogen-bond acceptors (Lipinski definition) is 4. The zero-order valence-corrected chi connectivity index (χ0v) is 10.5. The number of aliphatic hydroxyl groups excluding tert-OH is 1. The molecule has 0 aliphatic heterocycles. The number of aryl methyl sites for hydroxylation is 1. The van der Waals surface area contributed by atoms with Crippen LogP contribution in [0.25, 0.3) is 0 Å². The van der Waals surface area contributed by atoms with Gasteiger partial charge in [-0.1, -0.05) is 13.3 Å². The van der Waals surface area contributed by atoms with Gasteiger partial charge in [0.25, 0.3) is 5.91 Å². The van der Waals surface area contributed by atoms with Crippen molar-refractivity contribution in [2.45, 2.75) is 26.7 Å². The largest absolute Gasteiger partial charge is 0.396 e. The van der Waals surface area contributed by atoms with E-state index in [9.17, 15) is 4.79 Å². The Morgan fingerprint density at radius 2 is 2.44 bits per heavy atom. The third-order valence-corrected chi connectivity index (χ3v) is 3.38. The molecular formula is C11H18N2O2S. The van der Waals surface area contributed by atoms with Gasteiger partial charge in [0.2, 0.25) is 0 Å². The molecule has 2 N–H and O–H groups in total. The topological polar surface area (TPSA) is 62.2 Å². The van der Waals surface area contributed by atoms with Crippen molar-refractivity contribution < 1.29 is 9.90 Å². The predicted molar refractivity (Wildman–Crippen MR) is 64.7 cm³/mol. The molecule has 0 fully saturated rings. The normalized spacial score (nSPS) is 12.4. The summed E-state index contributed by atoms with van der Waals surface area (Å²) in [7, 11) is 0. The first-order valence-corrected chi connectivity index (χ1v) is 6.32. The quantitative estimate of drug-likeness (QED) is 0.796. The van der Waals surface area contributed by atoms with Gasteiger partial charge in [-0.3, -0.25) is 4.79 Å². The Morgan fingerprint density at radius 1 is 1.69 bits per heavy atom. The summed E-state index contributed by atoms with van der Waals surface area (Å²) < 4.78 is 4.06. The molecule has 90 valence electrons. The number of nitrogens with one attached hydrogen (secondary N) is 1. The van der Waals surface area contributed by atoms with Gasteiger partial charge in [-0.2, -0.15) is 4.37 Å². The van der Waals surface area contributed by atoms with Gasteiger partial charge in [-0.25, -0.2) is 0 Å². The number of carbonyl (C=O) groups excluding carboxylic acids is 1. The van der Waals surface area contributed by atoms with Crippen LogP contribution in [0, 0.1) is 12.8 Å². The van der Waals surface area contributed by atoms with Crippen LogP contribution in [0.1, 0.15) is 35.8 Å². The van der Waals surface area contributed by atoms with E-state index >= 15 is 0 Å². The van der Waals surface area contributed by atoms with Gasteiger partial charge in [0.15, 0.2) is 0 Å². The highest BCUT2D eigenvalue weighted by molar-refractivity contribution is 7.03. The Labute approximate surface area is 99.9 Å². The maximum absolute atomic E-state index is 11.7. The second-order valence-electron chi connectivity index (χ2n) is 3.81. The number of aliphatic hydroxyl groups is 1. The number of hydrogen-bond donors (Lipinski definition) is 2. The van der Waals surface area contributed by atoms with Crippen LogP contribution in [0.15, 0.2) is 5.38 Å². The van der Waals surface area contributed by atoms with Crippen LogP contribution in [0.3, 0.4) is 0 Å². The van der Waals surface area contributed by atoms with E-state index in [2.05, 4.69) is 16.6 Å². The number of nitrogens with zero attached hydrogens (tertiary/aromatic N) is 1. The zero-order valence-electron chi connectivity index (χ0n) is 9.69. The van der Waals surface area contributed by atoms with Crippen LogP contribution in [-0.2, 0) is 0 Å². The molecule has 0 saturated carbocycles. The molecule has 0 bridgehead atoms. The van der Waals surface area contributed by atoms with Crippen LogP contribution in [-0.4, -0.2) is 28.5 Å². The van der Waals surface area contributed by atoms with Gasteiger partial charge >= 0.3 is 0 Å². The van der Waals surface area contributed by atoms with Gasteiger partial charge in [0.1, 0.15) is 0 Å². The summed E-state index contributed by atoms with van der Waals surface area (Å²) in [6.07, 6.45) is 1.69. The van der Waals surface area contributed by atoms with Gasteiger partial charge in [-0.15, -0.1) is 0 Å². The van der Waals surface area contributed by atoms with Crippen LogP contribution in [0.5, 0.6) is 0 Å². The molecule has 1 rings (SSSR count). The number of amides is 1. The third-order valence-electron chi connectivity index (χ3n) is 2.66. The Kier molecular flexibility index (Phi) is 5.42. The predicted octanol–water partition coefficient (Wildman–Crippen LogP) is 1.59. The van der Waals surface area contributed by atoms with Gasteiger partial charge in [0, 0.05) is 18.5 Å². The molecule has 1 aromatic rings. The van der Waals surface area contributed by atoms with Crippen LogP contribution >= 0.6 is 11.5 Å². The van der Waals surface area contributed by atoms with E-state index in [0.717, 1.165) is 18.5 Å². The summed E-state index contributed by atoms with van der Waals surface area (Å²) in [5.41, 5.74) is 1.43. The maximum atomic E-state index is 11.7. The number of rotatable bonds is 6. The SMILES string of the molecule is CCC(CCO)CNC(=O)c1csnc1C. The van der Waals surface area contributed by atoms with E-state index in [1.807, 2.05) is 6.92 Å². The summed E-state index contributed by atoms with van der Waals surface area (Å²) in [6, 6.07) is 0. The molecule has 0 radical (unpaired) electrons. The van der Waals surface area contributed by atoms with E-state index in [4.69, 9.17) is 5.11 Å². The lowest BCUT2D eigenvalue weighted by Gasteiger charge is -2.13. The van der Waals surface area contributed by atoms with E-state index in [0.29, 0.717) is 18.0 Å². The fourth-order valence-corrected chi connectivity index (χ4v) is 2.17. The summed E-state index contributed by atoms with van der Waals surface area (Å²) in [6.45, 7) is 4.68. The molecular weight excluding hydrogens is 224 g/mol. The Hall–Kier alpha value is -0.940. The molecule has 0 saturated heterocycles. The van der Waals surface area contributed by atoms with E-state index in [1.165, 1.54) is 11.5 Å². The van der Waals surface area contributed by atoms with Crippen LogP contribution in [0.2, 0.25) is 0 Å². The van der Waals surface area contributed by atoms with Gasteiger partial charge in [-0.05, 0) is 30.8 Å². The smallest absolute Gasteiger partial charge is 0.254 e. The minimum atomic E-state index is -0.0670. The molecule has 0 aromatic carbocycles. The molecule has 0 aliphatic rings. The molecule has 1 unspecified atom stereocenters. The Bertz CT molecular complexity index is 338. The summed E-state index contributed by atoms with van der Waals surface area (Å²) in [5.74, 6) is 0.281. The van der Waals surface area contributed by atoms with Crippen molar-refractivity contribution in [3.63, 3.8) is 0 Å². The monoisotopic (exact) mass is 242 g/mol. The Morgan fingerprint density at radius 3 is 2.94 bits per heavy atom. The van der Waals surface area contributed by atoms with Crippen LogP contribution in [0.4, 0.5) is 0 Å². The maximum Gasteiger partial charge on any atom is 0.254 e. The third kappa shape index (κ3) is 3.57. The number of aromatic nitrogens is 1. The molecule has 16 heavy (non-hydrogen) atoms. The molecule has 4 nitrogen and oxygen atoms in total. The van der Waals surface area contributed by atoms with E-state index in [1.54, 1.807) is 5.38 Å². The fourth-order valence-electron chi connectivity index (χ4n) is 1.48. The zero-order chi connectivity index (χ0) is 12.0. The van der Waals surface area contributed by atoms with Crippen molar-refractivity contribution >= 4 is 17.4 Å². The van der Waals surface area contributed by atoms with Crippen molar-refractivity contribution in [2.75, 3.05) is 13.2 Å². The Balaban J connectivity index is 2.43. The van der Waals surface area contributed by atoms with Gasteiger partial charge in [0.05, 0.1) is 11.3 Å². The second kappa shape index (κ2) is 6.60. The molecule has 0 spiro atoms. The molecule has 1 amide bonds. The lowest BCUT2D eigenvalue weighted by Crippen LogP contribution is -2.29. The minimum absolute atomic E-state index is 0.0670. The molecule has 1 heterocycles. The summed E-state index contributed by atoms with van der Waals surface area (Å²) in [4.78, 5) is 11.7. The average molecular weight is 242 g/mol. The van der Waals surface area contributed by atoms with Crippen LogP contribution < -0.4 is 5.32 Å². The highest BCUT2D eigenvalue weighted by Crippen LogP contribution is 2.10. The molecule has 1 aromatic heterocycles. The van der Waals surface area contributed by atoms with E-state index < -0.39 is 0 Å². The van der Waals surface area contributed by atoms with Gasteiger partial charge < -0.3 is 10.4 Å². The van der Waals surface area contributed by atoms with Crippen molar-refractivity contribution in [3.8, 4) is 0 Å². The van der Waals surface area contributed by atoms with Crippen molar-refractivity contribution in [1.82, 2.24) is 9.69 Å². The van der Waals surface area contributed by atoms with Crippen molar-refractivity contribution in [3.05, 3.63) is 16.6 Å². The minimum Gasteiger partial charge on any atom is -0.396 e. The first-order chi connectivity index (χ1) is 7.69. The summed E-state index contributed by atoms with van der Waals surface area (Å²) in [5, 5.41) is 13.5. The average Bonchev–Trinajstić information content (AvgIpc) is 2.70. The molecule has 0 aliphatic carbocycles. The standard InChI is InChI=1S/C11H18N2O2S/c1-3-9(4-5-14)6-12-11(15)10-7-16-13-8(10)2/h7,9,14H,3-6H2,1-2H3,(H,12,15).